The summed E-state index contributed by atoms with van der Waals surface area (Å²) in [6.07, 6.45) is 1.81. The SMILES string of the molecule is C=C.C=CC(NC)=C(C)C. The minimum atomic E-state index is 1.12. The van der Waals surface area contributed by atoms with Gasteiger partial charge in [-0.3, -0.25) is 0 Å². The molecule has 0 aromatic heterocycles. The zero-order valence-corrected chi connectivity index (χ0v) is 7.20. The summed E-state index contributed by atoms with van der Waals surface area (Å²) >= 11 is 0. The average Bonchev–Trinajstić information content (AvgIpc) is 1.94. The highest BCUT2D eigenvalue weighted by atomic mass is 14.8. The highest BCUT2D eigenvalue weighted by molar-refractivity contribution is 5.18. The van der Waals surface area contributed by atoms with Crippen LogP contribution in [0.15, 0.2) is 37.1 Å². The Labute approximate surface area is 64.1 Å². The van der Waals surface area contributed by atoms with Crippen molar-refractivity contribution in [3.63, 3.8) is 0 Å². The van der Waals surface area contributed by atoms with Crippen LogP contribution in [0.5, 0.6) is 0 Å². The second-order valence-electron chi connectivity index (χ2n) is 1.87. The molecular formula is C9H17N. The van der Waals surface area contributed by atoms with E-state index in [-0.39, 0.29) is 0 Å². The van der Waals surface area contributed by atoms with Gasteiger partial charge in [0.2, 0.25) is 0 Å². The lowest BCUT2D eigenvalue weighted by atomic mass is 10.2. The second kappa shape index (κ2) is 8.02. The van der Waals surface area contributed by atoms with E-state index >= 15 is 0 Å². The Bertz CT molecular complexity index is 119. The first-order chi connectivity index (χ1) is 4.72. The molecule has 0 unspecified atom stereocenters. The summed E-state index contributed by atoms with van der Waals surface area (Å²) in [6.45, 7) is 13.7. The number of hydrogen-bond donors (Lipinski definition) is 1. The van der Waals surface area contributed by atoms with Gasteiger partial charge in [-0.25, -0.2) is 0 Å². The average molecular weight is 139 g/mol. The topological polar surface area (TPSA) is 12.0 Å². The minimum absolute atomic E-state index is 1.12. The smallest absolute Gasteiger partial charge is 0.0317 e. The maximum atomic E-state index is 3.63. The third kappa shape index (κ3) is 5.16. The van der Waals surface area contributed by atoms with Crippen LogP contribution in [0, 0.1) is 0 Å². The van der Waals surface area contributed by atoms with Crippen LogP contribution in [-0.4, -0.2) is 7.05 Å². The quantitative estimate of drug-likeness (QED) is 0.458. The Morgan fingerprint density at radius 3 is 1.70 bits per heavy atom. The van der Waals surface area contributed by atoms with Gasteiger partial charge < -0.3 is 5.32 Å². The van der Waals surface area contributed by atoms with Crippen molar-refractivity contribution in [3.8, 4) is 0 Å². The van der Waals surface area contributed by atoms with E-state index in [4.69, 9.17) is 0 Å². The number of nitrogens with one attached hydrogen (secondary N) is 1. The van der Waals surface area contributed by atoms with E-state index < -0.39 is 0 Å². The molecule has 0 radical (unpaired) electrons. The molecule has 0 amide bonds. The summed E-state index contributed by atoms with van der Waals surface area (Å²) in [7, 11) is 1.89. The van der Waals surface area contributed by atoms with Crippen LogP contribution >= 0.6 is 0 Å². The fourth-order valence-corrected chi connectivity index (χ4v) is 0.556. The molecule has 0 aromatic carbocycles. The molecule has 0 aliphatic rings. The molecule has 0 rings (SSSR count). The molecule has 0 fully saturated rings. The summed E-state index contributed by atoms with van der Waals surface area (Å²) in [4.78, 5) is 0. The van der Waals surface area contributed by atoms with E-state index in [1.54, 1.807) is 0 Å². The van der Waals surface area contributed by atoms with Crippen LogP contribution in [-0.2, 0) is 0 Å². The molecule has 0 aromatic rings. The summed E-state index contributed by atoms with van der Waals surface area (Å²) in [5.41, 5.74) is 2.38. The van der Waals surface area contributed by atoms with E-state index in [0.717, 1.165) is 5.70 Å². The van der Waals surface area contributed by atoms with E-state index in [2.05, 4.69) is 25.1 Å². The molecule has 0 aliphatic carbocycles. The molecule has 1 N–H and O–H groups in total. The van der Waals surface area contributed by atoms with Crippen LogP contribution < -0.4 is 5.32 Å². The van der Waals surface area contributed by atoms with E-state index in [0.29, 0.717) is 0 Å². The van der Waals surface area contributed by atoms with Crippen molar-refractivity contribution in [2.45, 2.75) is 13.8 Å². The fourth-order valence-electron chi connectivity index (χ4n) is 0.556. The van der Waals surface area contributed by atoms with Crippen LogP contribution in [0.4, 0.5) is 0 Å². The maximum absolute atomic E-state index is 3.63. The Kier molecular flexibility index (Phi) is 9.44. The predicted molar refractivity (Wildman–Crippen MR) is 48.9 cm³/mol. The molecule has 0 saturated carbocycles. The molecule has 1 heteroatoms. The number of hydrogen-bond acceptors (Lipinski definition) is 1. The van der Waals surface area contributed by atoms with Gasteiger partial charge in [0.15, 0.2) is 0 Å². The van der Waals surface area contributed by atoms with Gasteiger partial charge in [0.25, 0.3) is 0 Å². The van der Waals surface area contributed by atoms with Gasteiger partial charge in [0, 0.05) is 12.7 Å². The maximum Gasteiger partial charge on any atom is 0.0317 e. The van der Waals surface area contributed by atoms with Crippen molar-refractivity contribution in [2.75, 3.05) is 7.05 Å². The fraction of sp³-hybridized carbons (Fsp3) is 0.333. The normalized spacial score (nSPS) is 6.70. The lowest BCUT2D eigenvalue weighted by Gasteiger charge is -2.00. The molecule has 10 heavy (non-hydrogen) atoms. The van der Waals surface area contributed by atoms with Crippen molar-refractivity contribution in [1.82, 2.24) is 5.32 Å². The zero-order valence-electron chi connectivity index (χ0n) is 7.20. The standard InChI is InChI=1S/C7H13N.C2H4/c1-5-7(8-4)6(2)3;1-2/h5,8H,1H2,2-4H3;1-2H2. The van der Waals surface area contributed by atoms with Gasteiger partial charge in [0.05, 0.1) is 0 Å². The first-order valence-corrected chi connectivity index (χ1v) is 3.20. The Morgan fingerprint density at radius 2 is 1.70 bits per heavy atom. The lowest BCUT2D eigenvalue weighted by Crippen LogP contribution is -2.03. The minimum Gasteiger partial charge on any atom is -0.388 e. The highest BCUT2D eigenvalue weighted by Crippen LogP contribution is 1.97. The van der Waals surface area contributed by atoms with Crippen molar-refractivity contribution in [1.29, 1.82) is 0 Å². The lowest BCUT2D eigenvalue weighted by molar-refractivity contribution is 1.00. The third-order valence-corrected chi connectivity index (χ3v) is 1.01. The predicted octanol–water partition coefficient (Wildman–Crippen LogP) is 2.49. The van der Waals surface area contributed by atoms with E-state index in [1.807, 2.05) is 27.0 Å². The third-order valence-electron chi connectivity index (χ3n) is 1.01. The Balaban J connectivity index is 0. The largest absolute Gasteiger partial charge is 0.388 e. The summed E-state index contributed by atoms with van der Waals surface area (Å²) < 4.78 is 0. The van der Waals surface area contributed by atoms with Gasteiger partial charge in [0.1, 0.15) is 0 Å². The number of allylic oxidation sites excluding steroid dienone is 2. The first-order valence-electron chi connectivity index (χ1n) is 3.20. The molecular weight excluding hydrogens is 122 g/mol. The van der Waals surface area contributed by atoms with Crippen LogP contribution in [0.2, 0.25) is 0 Å². The molecule has 0 saturated heterocycles. The Hall–Kier alpha value is -0.980. The van der Waals surface area contributed by atoms with Crippen molar-refractivity contribution >= 4 is 0 Å². The molecule has 0 bridgehead atoms. The van der Waals surface area contributed by atoms with Crippen LogP contribution in [0.3, 0.4) is 0 Å². The first kappa shape index (κ1) is 11.8. The van der Waals surface area contributed by atoms with Gasteiger partial charge in [-0.05, 0) is 19.9 Å². The second-order valence-corrected chi connectivity index (χ2v) is 1.87. The molecule has 0 aliphatic heterocycles. The van der Waals surface area contributed by atoms with Crippen molar-refractivity contribution in [3.05, 3.63) is 37.1 Å². The van der Waals surface area contributed by atoms with Gasteiger partial charge in [-0.2, -0.15) is 0 Å². The highest BCUT2D eigenvalue weighted by Gasteiger charge is 1.84. The number of rotatable bonds is 2. The van der Waals surface area contributed by atoms with Gasteiger partial charge in [-0.1, -0.05) is 12.2 Å². The van der Waals surface area contributed by atoms with E-state index in [1.165, 1.54) is 5.57 Å². The van der Waals surface area contributed by atoms with Crippen LogP contribution in [0.25, 0.3) is 0 Å². The molecule has 0 spiro atoms. The molecule has 1 nitrogen and oxygen atoms in total. The Morgan fingerprint density at radius 1 is 1.30 bits per heavy atom. The van der Waals surface area contributed by atoms with Crippen molar-refractivity contribution < 1.29 is 0 Å². The molecule has 0 heterocycles. The van der Waals surface area contributed by atoms with E-state index in [9.17, 15) is 0 Å². The molecule has 0 atom stereocenters. The number of likely N-dealkylation sites (N-methyl/N-ethyl adjacent to an activating group) is 1. The van der Waals surface area contributed by atoms with Crippen LogP contribution in [0.1, 0.15) is 13.8 Å². The summed E-state index contributed by atoms with van der Waals surface area (Å²) in [5.74, 6) is 0. The zero-order chi connectivity index (χ0) is 8.57. The monoisotopic (exact) mass is 139 g/mol. The van der Waals surface area contributed by atoms with Gasteiger partial charge in [-0.15, -0.1) is 13.2 Å². The summed E-state index contributed by atoms with van der Waals surface area (Å²) in [5, 5.41) is 3.01. The molecule has 58 valence electrons. The summed E-state index contributed by atoms with van der Waals surface area (Å²) in [6, 6.07) is 0. The van der Waals surface area contributed by atoms with Crippen molar-refractivity contribution in [2.24, 2.45) is 0 Å². The van der Waals surface area contributed by atoms with Gasteiger partial charge >= 0.3 is 0 Å².